The first-order chi connectivity index (χ1) is 13.9. The number of non-ortho nitro benzene ring substituents is 1. The average molecular weight is 411 g/mol. The molecule has 8 heteroatoms. The van der Waals surface area contributed by atoms with E-state index in [0.717, 1.165) is 23.2 Å². The lowest BCUT2D eigenvalue weighted by atomic mass is 9.77. The number of nitro groups is 1. The van der Waals surface area contributed by atoms with Gasteiger partial charge in [-0.2, -0.15) is 0 Å². The SMILES string of the molecule is C=CCNS(=O)(=O)c1ccc2c(c1)C1C=CCC1C(c1cccc([N+](=O)[O-])c1)N2. The molecular formula is C21H21N3O4S. The number of fused-ring (bicyclic) bond motifs is 3. The first-order valence-electron chi connectivity index (χ1n) is 9.33. The highest BCUT2D eigenvalue weighted by atomic mass is 32.2. The van der Waals surface area contributed by atoms with Gasteiger partial charge in [0.15, 0.2) is 0 Å². The second-order valence-electron chi connectivity index (χ2n) is 7.22. The van der Waals surface area contributed by atoms with Crippen molar-refractivity contribution in [3.63, 3.8) is 0 Å². The average Bonchev–Trinajstić information content (AvgIpc) is 3.21. The number of sulfonamides is 1. The van der Waals surface area contributed by atoms with Crippen LogP contribution in [-0.4, -0.2) is 19.9 Å². The maximum absolute atomic E-state index is 12.5. The third-order valence-corrected chi connectivity index (χ3v) is 6.92. The summed E-state index contributed by atoms with van der Waals surface area (Å²) in [7, 11) is -3.61. The summed E-state index contributed by atoms with van der Waals surface area (Å²) in [5.41, 5.74) is 2.68. The van der Waals surface area contributed by atoms with E-state index in [4.69, 9.17) is 0 Å². The van der Waals surface area contributed by atoms with Crippen molar-refractivity contribution >= 4 is 21.4 Å². The van der Waals surface area contributed by atoms with Crippen LogP contribution in [0.25, 0.3) is 0 Å². The fourth-order valence-electron chi connectivity index (χ4n) is 4.15. The molecule has 2 aromatic carbocycles. The van der Waals surface area contributed by atoms with Gasteiger partial charge in [0, 0.05) is 30.3 Å². The van der Waals surface area contributed by atoms with Crippen LogP contribution in [-0.2, 0) is 10.0 Å². The fraction of sp³-hybridized carbons (Fsp3) is 0.238. The van der Waals surface area contributed by atoms with E-state index in [1.165, 1.54) is 12.1 Å². The first-order valence-corrected chi connectivity index (χ1v) is 10.8. The predicted molar refractivity (Wildman–Crippen MR) is 111 cm³/mol. The van der Waals surface area contributed by atoms with Crippen LogP contribution in [0.5, 0.6) is 0 Å². The predicted octanol–water partition coefficient (Wildman–Crippen LogP) is 3.89. The number of nitrogens with zero attached hydrogens (tertiary/aromatic N) is 1. The van der Waals surface area contributed by atoms with Crippen LogP contribution in [0.2, 0.25) is 0 Å². The number of hydrogen-bond acceptors (Lipinski definition) is 5. The van der Waals surface area contributed by atoms with Crippen LogP contribution >= 0.6 is 0 Å². The highest BCUT2D eigenvalue weighted by molar-refractivity contribution is 7.89. The number of allylic oxidation sites excluding steroid dienone is 2. The normalized spacial score (nSPS) is 22.4. The summed E-state index contributed by atoms with van der Waals surface area (Å²) in [5, 5.41) is 14.7. The van der Waals surface area contributed by atoms with E-state index in [0.29, 0.717) is 0 Å². The van der Waals surface area contributed by atoms with Gasteiger partial charge in [0.25, 0.3) is 5.69 Å². The van der Waals surface area contributed by atoms with E-state index in [2.05, 4.69) is 28.8 Å². The maximum Gasteiger partial charge on any atom is 0.269 e. The topological polar surface area (TPSA) is 101 Å². The van der Waals surface area contributed by atoms with Crippen molar-refractivity contribution in [2.24, 2.45) is 5.92 Å². The van der Waals surface area contributed by atoms with Crippen LogP contribution in [0.4, 0.5) is 11.4 Å². The molecule has 3 atom stereocenters. The van der Waals surface area contributed by atoms with Gasteiger partial charge in [-0.1, -0.05) is 30.4 Å². The van der Waals surface area contributed by atoms with E-state index in [1.807, 2.05) is 6.07 Å². The zero-order valence-corrected chi connectivity index (χ0v) is 16.4. The number of anilines is 1. The Morgan fingerprint density at radius 3 is 2.86 bits per heavy atom. The highest BCUT2D eigenvalue weighted by Crippen LogP contribution is 2.50. The summed E-state index contributed by atoms with van der Waals surface area (Å²) >= 11 is 0. The zero-order valence-electron chi connectivity index (χ0n) is 15.6. The molecule has 2 N–H and O–H groups in total. The summed E-state index contributed by atoms with van der Waals surface area (Å²) in [5.74, 6) is 0.202. The molecule has 4 rings (SSSR count). The van der Waals surface area contributed by atoms with Gasteiger partial charge in [-0.3, -0.25) is 10.1 Å². The van der Waals surface area contributed by atoms with Crippen LogP contribution in [0.15, 0.2) is 72.2 Å². The quantitative estimate of drug-likeness (QED) is 0.427. The molecule has 1 aliphatic carbocycles. The van der Waals surface area contributed by atoms with Gasteiger partial charge < -0.3 is 5.32 Å². The minimum absolute atomic E-state index is 0.0464. The lowest BCUT2D eigenvalue weighted by Gasteiger charge is -2.37. The summed E-state index contributed by atoms with van der Waals surface area (Å²) in [6, 6.07) is 11.6. The van der Waals surface area contributed by atoms with Crippen molar-refractivity contribution in [2.45, 2.75) is 23.3 Å². The molecule has 29 heavy (non-hydrogen) atoms. The van der Waals surface area contributed by atoms with Crippen LogP contribution in [0.1, 0.15) is 29.5 Å². The molecular weight excluding hydrogens is 390 g/mol. The van der Waals surface area contributed by atoms with Crippen molar-refractivity contribution in [3.8, 4) is 0 Å². The smallest absolute Gasteiger partial charge is 0.269 e. The Morgan fingerprint density at radius 1 is 1.28 bits per heavy atom. The molecule has 0 saturated carbocycles. The summed E-state index contributed by atoms with van der Waals surface area (Å²) in [4.78, 5) is 11.0. The molecule has 0 bridgehead atoms. The van der Waals surface area contributed by atoms with Crippen LogP contribution in [0.3, 0.4) is 0 Å². The van der Waals surface area contributed by atoms with E-state index in [9.17, 15) is 18.5 Å². The zero-order chi connectivity index (χ0) is 20.6. The molecule has 0 fully saturated rings. The van der Waals surface area contributed by atoms with Crippen LogP contribution < -0.4 is 10.0 Å². The van der Waals surface area contributed by atoms with Crippen molar-refractivity contribution in [2.75, 3.05) is 11.9 Å². The molecule has 150 valence electrons. The minimum atomic E-state index is -3.61. The fourth-order valence-corrected chi connectivity index (χ4v) is 5.19. The summed E-state index contributed by atoms with van der Waals surface area (Å²) in [6.07, 6.45) is 6.50. The highest BCUT2D eigenvalue weighted by Gasteiger charge is 2.38. The molecule has 1 heterocycles. The third kappa shape index (κ3) is 3.56. The molecule has 2 aromatic rings. The maximum atomic E-state index is 12.5. The van der Waals surface area contributed by atoms with Gasteiger partial charge in [0.05, 0.1) is 15.9 Å². The van der Waals surface area contributed by atoms with Crippen molar-refractivity contribution in [1.29, 1.82) is 0 Å². The third-order valence-electron chi connectivity index (χ3n) is 5.50. The second kappa shape index (κ2) is 7.46. The van der Waals surface area contributed by atoms with Gasteiger partial charge in [-0.05, 0) is 41.7 Å². The van der Waals surface area contributed by atoms with Crippen LogP contribution in [0, 0.1) is 16.0 Å². The molecule has 7 nitrogen and oxygen atoms in total. The van der Waals surface area contributed by atoms with Crippen molar-refractivity contribution in [3.05, 3.63) is 88.5 Å². The second-order valence-corrected chi connectivity index (χ2v) is 8.98. The Kier molecular flexibility index (Phi) is 4.97. The molecule has 2 aliphatic rings. The minimum Gasteiger partial charge on any atom is -0.378 e. The van der Waals surface area contributed by atoms with Crippen molar-refractivity contribution in [1.82, 2.24) is 4.72 Å². The Labute approximate surface area is 169 Å². The number of nitrogens with one attached hydrogen (secondary N) is 2. The van der Waals surface area contributed by atoms with Gasteiger partial charge in [-0.15, -0.1) is 6.58 Å². The van der Waals surface area contributed by atoms with Crippen molar-refractivity contribution < 1.29 is 13.3 Å². The molecule has 0 spiro atoms. The Bertz CT molecular complexity index is 1110. The monoisotopic (exact) mass is 411 g/mol. The van der Waals surface area contributed by atoms with Gasteiger partial charge >= 0.3 is 0 Å². The lowest BCUT2D eigenvalue weighted by Crippen LogP contribution is -2.30. The molecule has 0 aromatic heterocycles. The van der Waals surface area contributed by atoms with E-state index in [1.54, 1.807) is 30.3 Å². The number of nitro benzene ring substituents is 1. The van der Waals surface area contributed by atoms with E-state index < -0.39 is 14.9 Å². The van der Waals surface area contributed by atoms with Gasteiger partial charge in [-0.25, -0.2) is 13.1 Å². The molecule has 1 aliphatic heterocycles. The number of benzene rings is 2. The Hall–Kier alpha value is -2.97. The van der Waals surface area contributed by atoms with Gasteiger partial charge in [0.1, 0.15) is 0 Å². The summed E-state index contributed by atoms with van der Waals surface area (Å²) < 4.78 is 27.5. The number of hydrogen-bond donors (Lipinski definition) is 2. The lowest BCUT2D eigenvalue weighted by molar-refractivity contribution is -0.384. The summed E-state index contributed by atoms with van der Waals surface area (Å²) in [6.45, 7) is 3.70. The van der Waals surface area contributed by atoms with Gasteiger partial charge in [0.2, 0.25) is 10.0 Å². The first kappa shape index (κ1) is 19.4. The number of rotatable bonds is 6. The van der Waals surface area contributed by atoms with E-state index in [-0.39, 0.29) is 35.0 Å². The molecule has 0 radical (unpaired) electrons. The molecule has 0 saturated heterocycles. The van der Waals surface area contributed by atoms with E-state index >= 15 is 0 Å². The Balaban J connectivity index is 1.72. The Morgan fingerprint density at radius 2 is 2.10 bits per heavy atom. The molecule has 0 amide bonds. The molecule has 3 unspecified atom stereocenters. The standard InChI is InChI=1S/C21H21N3O4S/c1-2-11-22-29(27,28)16-9-10-20-19(13-16)17-7-4-8-18(17)21(23-20)14-5-3-6-15(12-14)24(25)26/h2-7,9-10,12-13,17-18,21-23H,1,8,11H2. The largest absolute Gasteiger partial charge is 0.378 e.